The van der Waals surface area contributed by atoms with Crippen molar-refractivity contribution in [1.82, 2.24) is 9.88 Å². The van der Waals surface area contributed by atoms with Crippen molar-refractivity contribution < 1.29 is 9.21 Å². The zero-order valence-corrected chi connectivity index (χ0v) is 11.4. The Hall–Kier alpha value is -2.30. The first-order valence-electron chi connectivity index (χ1n) is 6.78. The van der Waals surface area contributed by atoms with E-state index in [0.29, 0.717) is 0 Å². The van der Waals surface area contributed by atoms with Crippen molar-refractivity contribution in [1.29, 1.82) is 0 Å². The molecule has 0 saturated carbocycles. The smallest absolute Gasteiger partial charge is 0.322 e. The molecule has 104 valence electrons. The minimum absolute atomic E-state index is 0.0329. The molecule has 2 aromatic rings. The van der Waals surface area contributed by atoms with Crippen LogP contribution in [0, 0.1) is 6.92 Å². The van der Waals surface area contributed by atoms with Crippen LogP contribution < -0.4 is 5.32 Å². The molecule has 20 heavy (non-hydrogen) atoms. The highest BCUT2D eigenvalue weighted by atomic mass is 16.3. The first-order valence-corrected chi connectivity index (χ1v) is 6.78. The Morgan fingerprint density at radius 1 is 1.35 bits per heavy atom. The molecule has 1 N–H and O–H groups in total. The molecule has 0 aliphatic carbocycles. The molecule has 1 fully saturated rings. The minimum Gasteiger partial charge on any atom is -0.464 e. The molecule has 0 aromatic carbocycles. The average molecular weight is 271 g/mol. The number of likely N-dealkylation sites (tertiary alicyclic amines) is 1. The van der Waals surface area contributed by atoms with Gasteiger partial charge in [0.1, 0.15) is 11.5 Å². The van der Waals surface area contributed by atoms with E-state index in [0.717, 1.165) is 36.6 Å². The van der Waals surface area contributed by atoms with Gasteiger partial charge in [0.25, 0.3) is 0 Å². The maximum absolute atomic E-state index is 12.4. The number of carbonyl (C=O) groups is 1. The summed E-state index contributed by atoms with van der Waals surface area (Å²) in [6, 6.07) is 7.39. The second-order valence-corrected chi connectivity index (χ2v) is 4.97. The number of carbonyl (C=O) groups excluding carboxylic acids is 1. The van der Waals surface area contributed by atoms with Gasteiger partial charge in [-0.3, -0.25) is 4.98 Å². The summed E-state index contributed by atoms with van der Waals surface area (Å²) in [7, 11) is 0. The summed E-state index contributed by atoms with van der Waals surface area (Å²) in [6.07, 6.45) is 5.25. The Labute approximate surface area is 117 Å². The fourth-order valence-corrected chi connectivity index (χ4v) is 2.57. The number of hydrogen-bond acceptors (Lipinski definition) is 3. The van der Waals surface area contributed by atoms with Crippen LogP contribution in [0.25, 0.3) is 0 Å². The van der Waals surface area contributed by atoms with Gasteiger partial charge in [0.05, 0.1) is 6.04 Å². The lowest BCUT2D eigenvalue weighted by molar-refractivity contribution is 0.199. The Morgan fingerprint density at radius 3 is 2.85 bits per heavy atom. The topological polar surface area (TPSA) is 58.4 Å². The predicted molar refractivity (Wildman–Crippen MR) is 75.4 cm³/mol. The number of nitrogens with one attached hydrogen (secondary N) is 1. The van der Waals surface area contributed by atoms with Gasteiger partial charge in [-0.25, -0.2) is 4.79 Å². The Morgan fingerprint density at radius 2 is 2.15 bits per heavy atom. The Bertz CT molecular complexity index is 594. The van der Waals surface area contributed by atoms with Gasteiger partial charge in [0, 0.05) is 24.6 Å². The van der Waals surface area contributed by atoms with Crippen LogP contribution in [0.5, 0.6) is 0 Å². The van der Waals surface area contributed by atoms with Gasteiger partial charge in [-0.2, -0.15) is 0 Å². The molecule has 2 amide bonds. The van der Waals surface area contributed by atoms with Crippen LogP contribution in [0.3, 0.4) is 0 Å². The van der Waals surface area contributed by atoms with Crippen molar-refractivity contribution >= 4 is 11.7 Å². The Balaban J connectivity index is 1.73. The van der Waals surface area contributed by atoms with E-state index >= 15 is 0 Å². The number of rotatable bonds is 2. The molecule has 3 rings (SSSR count). The van der Waals surface area contributed by atoms with Crippen molar-refractivity contribution in [3.8, 4) is 0 Å². The van der Waals surface area contributed by atoms with Gasteiger partial charge >= 0.3 is 6.03 Å². The van der Waals surface area contributed by atoms with Crippen LogP contribution in [0.1, 0.15) is 30.4 Å². The lowest BCUT2D eigenvalue weighted by Crippen LogP contribution is -2.34. The van der Waals surface area contributed by atoms with E-state index in [2.05, 4.69) is 10.3 Å². The summed E-state index contributed by atoms with van der Waals surface area (Å²) in [5.74, 6) is 1.74. The molecule has 1 aliphatic rings. The van der Waals surface area contributed by atoms with Gasteiger partial charge in [-0.15, -0.1) is 0 Å². The third-order valence-corrected chi connectivity index (χ3v) is 3.53. The molecule has 5 nitrogen and oxygen atoms in total. The van der Waals surface area contributed by atoms with Crippen molar-refractivity contribution in [2.45, 2.75) is 25.8 Å². The Kier molecular flexibility index (Phi) is 3.41. The number of aryl methyl sites for hydroxylation is 1. The molecule has 1 saturated heterocycles. The van der Waals surface area contributed by atoms with Crippen LogP contribution in [0.4, 0.5) is 10.5 Å². The SMILES string of the molecule is Cc1ccc(C2CCCN2C(=O)Nc2ccncc2)o1. The van der Waals surface area contributed by atoms with E-state index in [1.165, 1.54) is 0 Å². The van der Waals surface area contributed by atoms with E-state index in [1.54, 1.807) is 24.5 Å². The summed E-state index contributed by atoms with van der Waals surface area (Å²) in [5.41, 5.74) is 0.756. The number of urea groups is 1. The quantitative estimate of drug-likeness (QED) is 0.911. The zero-order chi connectivity index (χ0) is 13.9. The maximum Gasteiger partial charge on any atom is 0.322 e. The normalized spacial score (nSPS) is 18.2. The lowest BCUT2D eigenvalue weighted by Gasteiger charge is -2.23. The van der Waals surface area contributed by atoms with Crippen LogP contribution in [0.15, 0.2) is 41.1 Å². The largest absolute Gasteiger partial charge is 0.464 e. The molecule has 2 aromatic heterocycles. The number of pyridine rings is 1. The monoisotopic (exact) mass is 271 g/mol. The fraction of sp³-hybridized carbons (Fsp3) is 0.333. The second-order valence-electron chi connectivity index (χ2n) is 4.97. The molecule has 5 heteroatoms. The van der Waals surface area contributed by atoms with Crippen LogP contribution >= 0.6 is 0 Å². The standard InChI is InChI=1S/C15H17N3O2/c1-11-4-5-14(20-11)13-3-2-10-18(13)15(19)17-12-6-8-16-9-7-12/h4-9,13H,2-3,10H2,1H3,(H,16,17,19). The summed E-state index contributed by atoms with van der Waals surface area (Å²) in [5, 5.41) is 2.90. The number of aromatic nitrogens is 1. The predicted octanol–water partition coefficient (Wildman–Crippen LogP) is 3.35. The van der Waals surface area contributed by atoms with Crippen LogP contribution in [-0.4, -0.2) is 22.5 Å². The highest BCUT2D eigenvalue weighted by Gasteiger charge is 2.32. The van der Waals surface area contributed by atoms with Gasteiger partial charge in [0.15, 0.2) is 0 Å². The summed E-state index contributed by atoms with van der Waals surface area (Å²) in [4.78, 5) is 18.1. The van der Waals surface area contributed by atoms with E-state index in [-0.39, 0.29) is 12.1 Å². The fourth-order valence-electron chi connectivity index (χ4n) is 2.57. The number of furan rings is 1. The van der Waals surface area contributed by atoms with Crippen molar-refractivity contribution in [2.24, 2.45) is 0 Å². The zero-order valence-electron chi connectivity index (χ0n) is 11.4. The third kappa shape index (κ3) is 2.52. The number of amides is 2. The van der Waals surface area contributed by atoms with Gasteiger partial charge in [-0.1, -0.05) is 0 Å². The first kappa shape index (κ1) is 12.7. The van der Waals surface area contributed by atoms with Crippen LogP contribution in [0.2, 0.25) is 0 Å². The summed E-state index contributed by atoms with van der Waals surface area (Å²) < 4.78 is 5.67. The average Bonchev–Trinajstić information content (AvgIpc) is 3.08. The van der Waals surface area contributed by atoms with Gasteiger partial charge < -0.3 is 14.6 Å². The first-order chi connectivity index (χ1) is 9.74. The molecule has 0 bridgehead atoms. The molecule has 1 atom stereocenters. The minimum atomic E-state index is -0.0900. The maximum atomic E-state index is 12.4. The van der Waals surface area contributed by atoms with E-state index in [9.17, 15) is 4.79 Å². The van der Waals surface area contributed by atoms with Crippen molar-refractivity contribution in [2.75, 3.05) is 11.9 Å². The molecule has 0 spiro atoms. The van der Waals surface area contributed by atoms with E-state index in [4.69, 9.17) is 4.42 Å². The second kappa shape index (κ2) is 5.36. The molecule has 1 unspecified atom stereocenters. The summed E-state index contributed by atoms with van der Waals surface area (Å²) >= 11 is 0. The van der Waals surface area contributed by atoms with Crippen molar-refractivity contribution in [3.63, 3.8) is 0 Å². The lowest BCUT2D eigenvalue weighted by atomic mass is 10.2. The molecule has 0 radical (unpaired) electrons. The van der Waals surface area contributed by atoms with Gasteiger partial charge in [0.2, 0.25) is 0 Å². The molecular weight excluding hydrogens is 254 g/mol. The van der Waals surface area contributed by atoms with Crippen LogP contribution in [-0.2, 0) is 0 Å². The van der Waals surface area contributed by atoms with Crippen molar-refractivity contribution in [3.05, 3.63) is 48.2 Å². The number of nitrogens with zero attached hydrogens (tertiary/aromatic N) is 2. The van der Waals surface area contributed by atoms with E-state index < -0.39 is 0 Å². The van der Waals surface area contributed by atoms with E-state index in [1.807, 2.05) is 24.0 Å². The van der Waals surface area contributed by atoms with Gasteiger partial charge in [-0.05, 0) is 44.0 Å². The highest BCUT2D eigenvalue weighted by molar-refractivity contribution is 5.89. The highest BCUT2D eigenvalue weighted by Crippen LogP contribution is 2.33. The molecule has 1 aliphatic heterocycles. The number of hydrogen-bond donors (Lipinski definition) is 1. The molecule has 3 heterocycles. The summed E-state index contributed by atoms with van der Waals surface area (Å²) in [6.45, 7) is 2.67. The molecular formula is C15H17N3O2. The number of anilines is 1. The third-order valence-electron chi connectivity index (χ3n) is 3.53.